The maximum atomic E-state index is 13.2. The van der Waals surface area contributed by atoms with Gasteiger partial charge < -0.3 is 15.1 Å². The number of urea groups is 1. The third kappa shape index (κ3) is 4.43. The molecule has 0 aliphatic carbocycles. The number of piperidine rings is 1. The summed E-state index contributed by atoms with van der Waals surface area (Å²) in [5.74, 6) is -0.560. The summed E-state index contributed by atoms with van der Waals surface area (Å²) in [6.45, 7) is 6.39. The third-order valence-corrected chi connectivity index (χ3v) is 4.23. The van der Waals surface area contributed by atoms with Crippen LogP contribution < -0.4 is 5.32 Å². The molecular formula is C17H24FN3O2. The molecule has 0 spiro atoms. The molecule has 1 saturated heterocycles. The Morgan fingerprint density at radius 1 is 1.26 bits per heavy atom. The smallest absolute Gasteiger partial charge is 0.317 e. The minimum atomic E-state index is -0.405. The molecule has 23 heavy (non-hydrogen) atoms. The molecule has 1 heterocycles. The predicted molar refractivity (Wildman–Crippen MR) is 86.8 cm³/mol. The van der Waals surface area contributed by atoms with Crippen molar-refractivity contribution in [1.82, 2.24) is 15.1 Å². The Morgan fingerprint density at radius 2 is 1.91 bits per heavy atom. The van der Waals surface area contributed by atoms with Crippen LogP contribution >= 0.6 is 0 Å². The Labute approximate surface area is 136 Å². The van der Waals surface area contributed by atoms with E-state index in [1.165, 1.54) is 12.1 Å². The summed E-state index contributed by atoms with van der Waals surface area (Å²) in [7, 11) is 0. The molecule has 5 nitrogen and oxygen atoms in total. The summed E-state index contributed by atoms with van der Waals surface area (Å²) in [5, 5.41) is 3.02. The van der Waals surface area contributed by atoms with E-state index in [4.69, 9.17) is 0 Å². The average Bonchev–Trinajstić information content (AvgIpc) is 2.56. The summed E-state index contributed by atoms with van der Waals surface area (Å²) in [6.07, 6.45) is 1.43. The molecule has 1 N–H and O–H groups in total. The van der Waals surface area contributed by atoms with Crippen molar-refractivity contribution >= 4 is 11.9 Å². The van der Waals surface area contributed by atoms with Gasteiger partial charge in [0.2, 0.25) is 0 Å². The molecule has 2 rings (SSSR count). The molecule has 0 atom stereocenters. The number of halogens is 1. The highest BCUT2D eigenvalue weighted by Gasteiger charge is 2.25. The maximum absolute atomic E-state index is 13.2. The molecule has 1 aliphatic rings. The van der Waals surface area contributed by atoms with Crippen molar-refractivity contribution in [3.8, 4) is 0 Å². The molecule has 1 aliphatic heterocycles. The molecule has 0 radical (unpaired) electrons. The van der Waals surface area contributed by atoms with Crippen molar-refractivity contribution in [2.45, 2.75) is 32.7 Å². The van der Waals surface area contributed by atoms with Gasteiger partial charge in [0.1, 0.15) is 5.82 Å². The second-order valence-electron chi connectivity index (χ2n) is 5.70. The third-order valence-electron chi connectivity index (χ3n) is 4.23. The van der Waals surface area contributed by atoms with Gasteiger partial charge in [0.25, 0.3) is 5.91 Å². The van der Waals surface area contributed by atoms with Crippen LogP contribution in [-0.4, -0.2) is 54.0 Å². The van der Waals surface area contributed by atoms with E-state index in [-0.39, 0.29) is 18.0 Å². The second kappa shape index (κ2) is 7.94. The van der Waals surface area contributed by atoms with Gasteiger partial charge in [-0.05, 0) is 44.9 Å². The van der Waals surface area contributed by atoms with E-state index in [9.17, 15) is 14.0 Å². The zero-order valence-electron chi connectivity index (χ0n) is 13.7. The van der Waals surface area contributed by atoms with Gasteiger partial charge in [-0.2, -0.15) is 0 Å². The predicted octanol–water partition coefficient (Wildman–Crippen LogP) is 2.48. The first-order valence-electron chi connectivity index (χ1n) is 8.15. The van der Waals surface area contributed by atoms with Crippen LogP contribution in [0, 0.1) is 5.82 Å². The molecule has 0 unspecified atom stereocenters. The van der Waals surface area contributed by atoms with Gasteiger partial charge in [0.05, 0.1) is 0 Å². The molecule has 126 valence electrons. The van der Waals surface area contributed by atoms with Gasteiger partial charge >= 0.3 is 6.03 Å². The SMILES string of the molecule is CCN(CC)C(=O)NC1CCN(C(=O)c2cccc(F)c2)CC1. The number of carbonyl (C=O) groups is 2. The molecule has 0 aromatic heterocycles. The van der Waals surface area contributed by atoms with E-state index in [1.807, 2.05) is 13.8 Å². The fraction of sp³-hybridized carbons (Fsp3) is 0.529. The lowest BCUT2D eigenvalue weighted by Gasteiger charge is -2.33. The Morgan fingerprint density at radius 3 is 2.48 bits per heavy atom. The van der Waals surface area contributed by atoms with Gasteiger partial charge in [-0.3, -0.25) is 4.79 Å². The largest absolute Gasteiger partial charge is 0.338 e. The maximum Gasteiger partial charge on any atom is 0.317 e. The highest BCUT2D eigenvalue weighted by molar-refractivity contribution is 5.94. The number of nitrogens with zero attached hydrogens (tertiary/aromatic N) is 2. The highest BCUT2D eigenvalue weighted by atomic mass is 19.1. The van der Waals surface area contributed by atoms with E-state index in [0.29, 0.717) is 44.6 Å². The number of benzene rings is 1. The normalized spacial score (nSPS) is 15.3. The van der Waals surface area contributed by atoms with Crippen LogP contribution in [-0.2, 0) is 0 Å². The summed E-state index contributed by atoms with van der Waals surface area (Å²) >= 11 is 0. The number of carbonyl (C=O) groups excluding carboxylic acids is 2. The minimum absolute atomic E-state index is 0.0510. The average molecular weight is 321 g/mol. The number of rotatable bonds is 4. The Kier molecular flexibility index (Phi) is 5.96. The number of hydrogen-bond donors (Lipinski definition) is 1. The second-order valence-corrected chi connectivity index (χ2v) is 5.70. The summed E-state index contributed by atoms with van der Waals surface area (Å²) in [4.78, 5) is 27.8. The van der Waals surface area contributed by atoms with Gasteiger partial charge in [-0.1, -0.05) is 6.07 Å². The van der Waals surface area contributed by atoms with Crippen LogP contribution in [0.3, 0.4) is 0 Å². The van der Waals surface area contributed by atoms with E-state index >= 15 is 0 Å². The first-order chi connectivity index (χ1) is 11.0. The van der Waals surface area contributed by atoms with E-state index in [1.54, 1.807) is 21.9 Å². The molecule has 1 fully saturated rings. The Balaban J connectivity index is 1.86. The van der Waals surface area contributed by atoms with Gasteiger partial charge in [0, 0.05) is 37.8 Å². The molecule has 0 saturated carbocycles. The van der Waals surface area contributed by atoms with Gasteiger partial charge in [-0.15, -0.1) is 0 Å². The van der Waals surface area contributed by atoms with E-state index in [2.05, 4.69) is 5.32 Å². The number of hydrogen-bond acceptors (Lipinski definition) is 2. The van der Waals surface area contributed by atoms with Crippen LogP contribution in [0.15, 0.2) is 24.3 Å². The van der Waals surface area contributed by atoms with Crippen LogP contribution in [0.1, 0.15) is 37.0 Å². The standard InChI is InChI=1S/C17H24FN3O2/c1-3-20(4-2)17(23)19-15-8-10-21(11-9-15)16(22)13-6-5-7-14(18)12-13/h5-7,12,15H,3-4,8-11H2,1-2H3,(H,19,23). The molecule has 1 aromatic rings. The van der Waals surface area contributed by atoms with Crippen molar-refractivity contribution in [2.24, 2.45) is 0 Å². The van der Waals surface area contributed by atoms with Crippen LogP contribution in [0.2, 0.25) is 0 Å². The highest BCUT2D eigenvalue weighted by Crippen LogP contribution is 2.15. The summed E-state index contributed by atoms with van der Waals surface area (Å²) in [6, 6.07) is 5.78. The van der Waals surface area contributed by atoms with Gasteiger partial charge in [-0.25, -0.2) is 9.18 Å². The first kappa shape index (κ1) is 17.2. The zero-order valence-corrected chi connectivity index (χ0v) is 13.7. The fourth-order valence-corrected chi connectivity index (χ4v) is 2.81. The lowest BCUT2D eigenvalue weighted by Crippen LogP contribution is -2.50. The number of amides is 3. The van der Waals surface area contributed by atoms with E-state index in [0.717, 1.165) is 0 Å². The molecule has 6 heteroatoms. The minimum Gasteiger partial charge on any atom is -0.338 e. The number of nitrogens with one attached hydrogen (secondary N) is 1. The Hall–Kier alpha value is -2.11. The lowest BCUT2D eigenvalue weighted by molar-refractivity contribution is 0.0706. The molecule has 3 amide bonds. The Bertz CT molecular complexity index is 553. The first-order valence-corrected chi connectivity index (χ1v) is 8.15. The lowest BCUT2D eigenvalue weighted by atomic mass is 10.0. The van der Waals surface area contributed by atoms with Crippen molar-refractivity contribution in [2.75, 3.05) is 26.2 Å². The summed E-state index contributed by atoms with van der Waals surface area (Å²) in [5.41, 5.74) is 0.371. The quantitative estimate of drug-likeness (QED) is 0.926. The van der Waals surface area contributed by atoms with E-state index < -0.39 is 5.82 Å². The fourth-order valence-electron chi connectivity index (χ4n) is 2.81. The number of likely N-dealkylation sites (tertiary alicyclic amines) is 1. The zero-order chi connectivity index (χ0) is 16.8. The van der Waals surface area contributed by atoms with Crippen molar-refractivity contribution in [3.63, 3.8) is 0 Å². The van der Waals surface area contributed by atoms with Crippen molar-refractivity contribution < 1.29 is 14.0 Å². The molecule has 0 bridgehead atoms. The summed E-state index contributed by atoms with van der Waals surface area (Å²) < 4.78 is 13.2. The van der Waals surface area contributed by atoms with Gasteiger partial charge in [0.15, 0.2) is 0 Å². The van der Waals surface area contributed by atoms with Crippen LogP contribution in [0.5, 0.6) is 0 Å². The monoisotopic (exact) mass is 321 g/mol. The van der Waals surface area contributed by atoms with Crippen molar-refractivity contribution in [1.29, 1.82) is 0 Å². The molecule has 1 aromatic carbocycles. The molecular weight excluding hydrogens is 297 g/mol. The van der Waals surface area contributed by atoms with Crippen LogP contribution in [0.25, 0.3) is 0 Å². The van der Waals surface area contributed by atoms with Crippen molar-refractivity contribution in [3.05, 3.63) is 35.6 Å². The topological polar surface area (TPSA) is 52.7 Å². The van der Waals surface area contributed by atoms with Crippen LogP contribution in [0.4, 0.5) is 9.18 Å².